The van der Waals surface area contributed by atoms with Gasteiger partial charge in [-0.05, 0) is 25.0 Å². The standard InChI is InChI=1S/C21H24N8O2S/c1-22-19(30)6-4-2-3-5-15(28-21(31)17-11-23-13-32-17)20-24-10-16(27-20)14-7-8-29-18(9-14)25-12-26-29/h7-13,15H,2-6H2,1H3,(H,22,30)(H,24,27)(H,28,31)/t15-/m0/s1. The van der Waals surface area contributed by atoms with Crippen LogP contribution >= 0.6 is 11.3 Å². The van der Waals surface area contributed by atoms with Gasteiger partial charge in [0.15, 0.2) is 5.65 Å². The van der Waals surface area contributed by atoms with E-state index in [4.69, 9.17) is 0 Å². The molecule has 1 atom stereocenters. The maximum Gasteiger partial charge on any atom is 0.263 e. The Bertz CT molecular complexity index is 1180. The monoisotopic (exact) mass is 452 g/mol. The topological polar surface area (TPSA) is 130 Å². The van der Waals surface area contributed by atoms with Gasteiger partial charge in [0, 0.05) is 25.2 Å². The van der Waals surface area contributed by atoms with Crippen LogP contribution in [0.15, 0.2) is 42.6 Å². The van der Waals surface area contributed by atoms with Crippen LogP contribution in [0.3, 0.4) is 0 Å². The summed E-state index contributed by atoms with van der Waals surface area (Å²) in [4.78, 5) is 40.7. The van der Waals surface area contributed by atoms with Gasteiger partial charge in [0.1, 0.15) is 17.0 Å². The molecule has 4 aromatic rings. The van der Waals surface area contributed by atoms with Crippen molar-refractivity contribution in [3.8, 4) is 11.3 Å². The highest BCUT2D eigenvalue weighted by Gasteiger charge is 2.20. The highest BCUT2D eigenvalue weighted by Crippen LogP contribution is 2.24. The predicted molar refractivity (Wildman–Crippen MR) is 120 cm³/mol. The van der Waals surface area contributed by atoms with Gasteiger partial charge < -0.3 is 15.6 Å². The fraction of sp³-hybridized carbons (Fsp3) is 0.333. The maximum atomic E-state index is 12.6. The van der Waals surface area contributed by atoms with Crippen LogP contribution in [0.25, 0.3) is 16.9 Å². The van der Waals surface area contributed by atoms with Crippen LogP contribution in [0.5, 0.6) is 0 Å². The molecule has 4 aromatic heterocycles. The molecule has 0 spiro atoms. The number of rotatable bonds is 10. The molecular formula is C21H24N8O2S. The first kappa shape index (κ1) is 21.6. The number of hydrogen-bond donors (Lipinski definition) is 3. The number of thiazole rings is 1. The highest BCUT2D eigenvalue weighted by molar-refractivity contribution is 7.11. The second kappa shape index (κ2) is 10.1. The van der Waals surface area contributed by atoms with E-state index in [9.17, 15) is 9.59 Å². The van der Waals surface area contributed by atoms with Crippen LogP contribution in [0.2, 0.25) is 0 Å². The lowest BCUT2D eigenvalue weighted by atomic mass is 10.1. The molecule has 0 radical (unpaired) electrons. The van der Waals surface area contributed by atoms with Gasteiger partial charge in [-0.3, -0.25) is 14.6 Å². The molecule has 2 amide bonds. The first-order chi connectivity index (χ1) is 15.6. The Balaban J connectivity index is 1.47. The van der Waals surface area contributed by atoms with Crippen molar-refractivity contribution >= 4 is 28.8 Å². The molecule has 4 rings (SSSR count). The molecule has 0 saturated heterocycles. The second-order valence-electron chi connectivity index (χ2n) is 7.32. The van der Waals surface area contributed by atoms with E-state index in [2.05, 4.69) is 35.7 Å². The van der Waals surface area contributed by atoms with E-state index in [-0.39, 0.29) is 17.9 Å². The lowest BCUT2D eigenvalue weighted by molar-refractivity contribution is -0.120. The van der Waals surface area contributed by atoms with Crippen molar-refractivity contribution in [1.29, 1.82) is 0 Å². The van der Waals surface area contributed by atoms with Gasteiger partial charge in [-0.15, -0.1) is 11.3 Å². The maximum absolute atomic E-state index is 12.6. The third kappa shape index (κ3) is 5.17. The summed E-state index contributed by atoms with van der Waals surface area (Å²) in [5, 5.41) is 9.82. The van der Waals surface area contributed by atoms with E-state index in [1.54, 1.807) is 29.5 Å². The average Bonchev–Trinajstić information content (AvgIpc) is 3.58. The van der Waals surface area contributed by atoms with Crippen LogP contribution in [-0.4, -0.2) is 48.4 Å². The molecule has 32 heavy (non-hydrogen) atoms. The van der Waals surface area contributed by atoms with Crippen molar-refractivity contribution in [2.45, 2.75) is 38.1 Å². The zero-order chi connectivity index (χ0) is 22.3. The molecule has 0 unspecified atom stereocenters. The number of hydrogen-bond acceptors (Lipinski definition) is 7. The summed E-state index contributed by atoms with van der Waals surface area (Å²) in [6.45, 7) is 0. The Kier molecular flexibility index (Phi) is 6.85. The molecule has 11 heteroatoms. The van der Waals surface area contributed by atoms with E-state index < -0.39 is 0 Å². The Labute approximate surface area is 188 Å². The highest BCUT2D eigenvalue weighted by atomic mass is 32.1. The van der Waals surface area contributed by atoms with Crippen molar-refractivity contribution < 1.29 is 9.59 Å². The van der Waals surface area contributed by atoms with Gasteiger partial charge in [0.05, 0.1) is 29.6 Å². The second-order valence-corrected chi connectivity index (χ2v) is 8.21. The molecule has 3 N–H and O–H groups in total. The normalized spacial score (nSPS) is 12.0. The smallest absolute Gasteiger partial charge is 0.263 e. The van der Waals surface area contributed by atoms with E-state index in [1.807, 2.05) is 18.3 Å². The van der Waals surface area contributed by atoms with Crippen LogP contribution in [-0.2, 0) is 4.79 Å². The number of carbonyl (C=O) groups is 2. The van der Waals surface area contributed by atoms with Crippen LogP contribution in [0.1, 0.15) is 53.6 Å². The van der Waals surface area contributed by atoms with E-state index in [0.29, 0.717) is 23.5 Å². The number of H-pyrrole nitrogens is 1. The fourth-order valence-electron chi connectivity index (χ4n) is 3.41. The van der Waals surface area contributed by atoms with Crippen molar-refractivity contribution in [1.82, 2.24) is 40.2 Å². The van der Waals surface area contributed by atoms with Gasteiger partial charge >= 0.3 is 0 Å². The SMILES string of the molecule is CNC(=O)CCCCC[C@H](NC(=O)c1cncs1)c1ncc(-c2ccn3ncnc3c2)[nH]1. The van der Waals surface area contributed by atoms with Crippen LogP contribution < -0.4 is 10.6 Å². The Hall–Kier alpha value is -3.60. The number of nitrogens with one attached hydrogen (secondary N) is 3. The van der Waals surface area contributed by atoms with Gasteiger partial charge in [0.25, 0.3) is 5.91 Å². The fourth-order valence-corrected chi connectivity index (χ4v) is 3.94. The molecule has 166 valence electrons. The number of carbonyl (C=O) groups excluding carboxylic acids is 2. The van der Waals surface area contributed by atoms with E-state index in [1.165, 1.54) is 17.7 Å². The molecule has 0 aliphatic carbocycles. The predicted octanol–water partition coefficient (Wildman–Crippen LogP) is 2.74. The van der Waals surface area contributed by atoms with Gasteiger partial charge in [-0.25, -0.2) is 14.5 Å². The molecule has 0 aromatic carbocycles. The van der Waals surface area contributed by atoms with Crippen molar-refractivity contribution in [2.75, 3.05) is 7.05 Å². The Morgan fingerprint density at radius 3 is 2.94 bits per heavy atom. The largest absolute Gasteiger partial charge is 0.359 e. The number of pyridine rings is 1. The summed E-state index contributed by atoms with van der Waals surface area (Å²) in [5.74, 6) is 0.552. The van der Waals surface area contributed by atoms with E-state index >= 15 is 0 Å². The minimum Gasteiger partial charge on any atom is -0.359 e. The minimum atomic E-state index is -0.282. The number of aromatic amines is 1. The van der Waals surface area contributed by atoms with Crippen molar-refractivity contribution in [3.63, 3.8) is 0 Å². The summed E-state index contributed by atoms with van der Waals surface area (Å²) >= 11 is 1.30. The third-order valence-corrected chi connectivity index (χ3v) is 5.93. The molecule has 10 nitrogen and oxygen atoms in total. The van der Waals surface area contributed by atoms with Crippen LogP contribution in [0.4, 0.5) is 0 Å². The first-order valence-electron chi connectivity index (χ1n) is 10.4. The summed E-state index contributed by atoms with van der Waals surface area (Å²) in [6, 6.07) is 3.58. The Morgan fingerprint density at radius 2 is 2.12 bits per heavy atom. The molecule has 4 heterocycles. The third-order valence-electron chi connectivity index (χ3n) is 5.15. The van der Waals surface area contributed by atoms with Crippen molar-refractivity contribution in [2.24, 2.45) is 0 Å². The molecule has 0 fully saturated rings. The first-order valence-corrected chi connectivity index (χ1v) is 11.3. The zero-order valence-electron chi connectivity index (χ0n) is 17.6. The number of imidazole rings is 1. The minimum absolute atomic E-state index is 0.0420. The summed E-state index contributed by atoms with van der Waals surface area (Å²) < 4.78 is 1.69. The van der Waals surface area contributed by atoms with Crippen molar-refractivity contribution in [3.05, 3.63) is 53.3 Å². The lowest BCUT2D eigenvalue weighted by Crippen LogP contribution is -2.28. The molecule has 0 aliphatic heterocycles. The number of unbranched alkanes of at least 4 members (excludes halogenated alkanes) is 2. The molecule has 0 saturated carbocycles. The lowest BCUT2D eigenvalue weighted by Gasteiger charge is -2.16. The summed E-state index contributed by atoms with van der Waals surface area (Å²) in [7, 11) is 1.64. The summed E-state index contributed by atoms with van der Waals surface area (Å²) in [5.41, 5.74) is 4.14. The number of nitrogens with zero attached hydrogens (tertiary/aromatic N) is 5. The quantitative estimate of drug-likeness (QED) is 0.317. The number of amides is 2. The Morgan fingerprint density at radius 1 is 1.22 bits per heavy atom. The number of aromatic nitrogens is 6. The van der Waals surface area contributed by atoms with Gasteiger partial charge in [-0.2, -0.15) is 5.10 Å². The van der Waals surface area contributed by atoms with Gasteiger partial charge in [-0.1, -0.05) is 12.8 Å². The van der Waals surface area contributed by atoms with E-state index in [0.717, 1.165) is 36.2 Å². The molecule has 0 bridgehead atoms. The van der Waals surface area contributed by atoms with Gasteiger partial charge in [0.2, 0.25) is 5.91 Å². The summed E-state index contributed by atoms with van der Waals surface area (Å²) in [6.07, 6.45) is 10.4. The average molecular weight is 453 g/mol. The molecule has 0 aliphatic rings. The zero-order valence-corrected chi connectivity index (χ0v) is 18.4. The molecular weight excluding hydrogens is 428 g/mol. The number of fused-ring (bicyclic) bond motifs is 1. The van der Waals surface area contributed by atoms with Crippen LogP contribution in [0, 0.1) is 0 Å².